The molecule has 0 aliphatic carbocycles. The van der Waals surface area contributed by atoms with Gasteiger partial charge in [0.2, 0.25) is 10.0 Å². The highest BCUT2D eigenvalue weighted by molar-refractivity contribution is 7.89. The molecular weight excluding hydrogens is 397 g/mol. The lowest BCUT2D eigenvalue weighted by Gasteiger charge is -2.16. The Morgan fingerprint density at radius 3 is 2.59 bits per heavy atom. The Morgan fingerprint density at radius 2 is 1.93 bits per heavy atom. The van der Waals surface area contributed by atoms with Gasteiger partial charge in [0.15, 0.2) is 0 Å². The third-order valence-corrected chi connectivity index (χ3v) is 6.60. The van der Waals surface area contributed by atoms with Gasteiger partial charge in [0, 0.05) is 20.0 Å². The molecule has 7 nitrogen and oxygen atoms in total. The SMILES string of the molecule is Cc1nn(CCCOc2ccc(F)cc2)c(C)c1S(=O)(=O)N(C)Cc1ccco1. The Balaban J connectivity index is 1.65. The maximum absolute atomic E-state index is 13.0. The summed E-state index contributed by atoms with van der Waals surface area (Å²) in [5, 5.41) is 4.39. The summed E-state index contributed by atoms with van der Waals surface area (Å²) in [5.74, 6) is 0.838. The average molecular weight is 421 g/mol. The van der Waals surface area contributed by atoms with Crippen molar-refractivity contribution in [1.29, 1.82) is 0 Å². The molecular formula is C20H24FN3O4S. The van der Waals surface area contributed by atoms with Crippen LogP contribution in [0.1, 0.15) is 23.6 Å². The molecule has 0 bridgehead atoms. The molecule has 0 atom stereocenters. The number of aryl methyl sites for hydroxylation is 2. The molecule has 0 radical (unpaired) electrons. The first-order valence-corrected chi connectivity index (χ1v) is 10.6. The smallest absolute Gasteiger partial charge is 0.246 e. The molecule has 3 rings (SSSR count). The molecule has 3 aromatic rings. The van der Waals surface area contributed by atoms with Gasteiger partial charge < -0.3 is 9.15 Å². The Hall–Kier alpha value is -2.65. The second-order valence-corrected chi connectivity index (χ2v) is 8.70. The molecule has 0 unspecified atom stereocenters. The predicted molar refractivity (Wildman–Crippen MR) is 106 cm³/mol. The van der Waals surface area contributed by atoms with Crippen molar-refractivity contribution in [2.24, 2.45) is 0 Å². The number of ether oxygens (including phenoxy) is 1. The van der Waals surface area contributed by atoms with Crippen LogP contribution in [0.3, 0.4) is 0 Å². The van der Waals surface area contributed by atoms with Crippen molar-refractivity contribution in [3.05, 3.63) is 65.6 Å². The summed E-state index contributed by atoms with van der Waals surface area (Å²) < 4.78 is 52.7. The highest BCUT2D eigenvalue weighted by Crippen LogP contribution is 2.24. The number of furan rings is 1. The van der Waals surface area contributed by atoms with E-state index in [0.717, 1.165) is 0 Å². The first kappa shape index (κ1) is 21.1. The van der Waals surface area contributed by atoms with Crippen molar-refractivity contribution in [2.75, 3.05) is 13.7 Å². The topological polar surface area (TPSA) is 77.6 Å². The van der Waals surface area contributed by atoms with Crippen LogP contribution in [0, 0.1) is 19.7 Å². The van der Waals surface area contributed by atoms with E-state index in [1.807, 2.05) is 0 Å². The number of rotatable bonds is 9. The van der Waals surface area contributed by atoms with Crippen LogP contribution in [0.25, 0.3) is 0 Å². The Labute approximate surface area is 169 Å². The van der Waals surface area contributed by atoms with Crippen molar-refractivity contribution in [1.82, 2.24) is 14.1 Å². The zero-order valence-corrected chi connectivity index (χ0v) is 17.4. The maximum Gasteiger partial charge on any atom is 0.246 e. The summed E-state index contributed by atoms with van der Waals surface area (Å²) in [7, 11) is -2.19. The van der Waals surface area contributed by atoms with Gasteiger partial charge >= 0.3 is 0 Å². The molecule has 1 aromatic carbocycles. The average Bonchev–Trinajstić information content (AvgIpc) is 3.28. The molecule has 0 spiro atoms. The number of aromatic nitrogens is 2. The molecule has 156 valence electrons. The molecule has 0 N–H and O–H groups in total. The van der Waals surface area contributed by atoms with Gasteiger partial charge in [0.1, 0.15) is 22.2 Å². The van der Waals surface area contributed by atoms with Crippen molar-refractivity contribution < 1.29 is 22.0 Å². The number of nitrogens with zero attached hydrogens (tertiary/aromatic N) is 3. The van der Waals surface area contributed by atoms with Crippen molar-refractivity contribution >= 4 is 10.0 Å². The van der Waals surface area contributed by atoms with Crippen molar-refractivity contribution in [3.63, 3.8) is 0 Å². The quantitative estimate of drug-likeness (QED) is 0.494. The standard InChI is InChI=1S/C20H24FN3O4S/c1-15-20(29(25,26)23(3)14-19-6-4-12-28-19)16(2)24(22-15)11-5-13-27-18-9-7-17(21)8-10-18/h4,6-10,12H,5,11,13-14H2,1-3H3. The minimum atomic E-state index is -3.71. The second-order valence-electron chi connectivity index (χ2n) is 6.72. The van der Waals surface area contributed by atoms with E-state index in [9.17, 15) is 12.8 Å². The maximum atomic E-state index is 13.0. The molecule has 0 aliphatic rings. The van der Waals surface area contributed by atoms with Gasteiger partial charge in [-0.15, -0.1) is 0 Å². The van der Waals surface area contributed by atoms with Gasteiger partial charge in [-0.2, -0.15) is 9.40 Å². The van der Waals surface area contributed by atoms with E-state index in [-0.39, 0.29) is 17.3 Å². The largest absolute Gasteiger partial charge is 0.494 e. The molecule has 29 heavy (non-hydrogen) atoms. The fraction of sp³-hybridized carbons (Fsp3) is 0.350. The monoisotopic (exact) mass is 421 g/mol. The van der Waals surface area contributed by atoms with Crippen molar-refractivity contribution in [3.8, 4) is 5.75 Å². The third kappa shape index (κ3) is 4.86. The number of hydrogen-bond acceptors (Lipinski definition) is 5. The van der Waals surface area contributed by atoms with Gasteiger partial charge in [0.05, 0.1) is 30.8 Å². The molecule has 0 saturated carbocycles. The summed E-state index contributed by atoms with van der Waals surface area (Å²) in [4.78, 5) is 0.214. The van der Waals surface area contributed by atoms with Gasteiger partial charge in [0.25, 0.3) is 0 Å². The van der Waals surface area contributed by atoms with E-state index in [4.69, 9.17) is 9.15 Å². The lowest BCUT2D eigenvalue weighted by atomic mass is 10.3. The number of hydrogen-bond donors (Lipinski definition) is 0. The van der Waals surface area contributed by atoms with Gasteiger partial charge in [-0.25, -0.2) is 12.8 Å². The Kier molecular flexibility index (Phi) is 6.39. The summed E-state index contributed by atoms with van der Waals surface area (Å²) in [5.41, 5.74) is 1.03. The minimum Gasteiger partial charge on any atom is -0.494 e. The van der Waals surface area contributed by atoms with Gasteiger partial charge in [-0.3, -0.25) is 4.68 Å². The molecule has 9 heteroatoms. The lowest BCUT2D eigenvalue weighted by molar-refractivity contribution is 0.297. The zero-order chi connectivity index (χ0) is 21.0. The van der Waals surface area contributed by atoms with Crippen LogP contribution in [0.15, 0.2) is 52.0 Å². The first-order valence-electron chi connectivity index (χ1n) is 9.20. The highest BCUT2D eigenvalue weighted by atomic mass is 32.2. The third-order valence-electron chi connectivity index (χ3n) is 4.54. The van der Waals surface area contributed by atoms with Crippen LogP contribution in [0.5, 0.6) is 5.75 Å². The molecule has 2 aromatic heterocycles. The fourth-order valence-corrected chi connectivity index (χ4v) is 4.57. The van der Waals surface area contributed by atoms with E-state index in [1.165, 1.54) is 29.7 Å². The first-order chi connectivity index (χ1) is 13.8. The van der Waals surface area contributed by atoms with Gasteiger partial charge in [-0.05, 0) is 50.2 Å². The number of benzene rings is 1. The van der Waals surface area contributed by atoms with Crippen molar-refractivity contribution in [2.45, 2.75) is 38.3 Å². The van der Waals surface area contributed by atoms with Gasteiger partial charge in [-0.1, -0.05) is 0 Å². The molecule has 0 saturated heterocycles. The van der Waals surface area contributed by atoms with Crippen LogP contribution >= 0.6 is 0 Å². The summed E-state index contributed by atoms with van der Waals surface area (Å²) in [6.07, 6.45) is 2.14. The second kappa shape index (κ2) is 8.79. The van der Waals surface area contributed by atoms with Crippen LogP contribution in [0.2, 0.25) is 0 Å². The fourth-order valence-electron chi connectivity index (χ4n) is 3.07. The lowest BCUT2D eigenvalue weighted by Crippen LogP contribution is -2.27. The number of halogens is 1. The normalized spacial score (nSPS) is 11.9. The minimum absolute atomic E-state index is 0.144. The van der Waals surface area contributed by atoms with E-state index in [1.54, 1.807) is 42.8 Å². The van der Waals surface area contributed by atoms with Crippen LogP contribution in [-0.4, -0.2) is 36.2 Å². The number of sulfonamides is 1. The molecule has 2 heterocycles. The molecule has 0 aliphatic heterocycles. The molecule has 0 amide bonds. The summed E-state index contributed by atoms with van der Waals surface area (Å²) in [6, 6.07) is 9.27. The van der Waals surface area contributed by atoms with E-state index in [0.29, 0.717) is 42.5 Å². The Bertz CT molecular complexity index is 1040. The van der Waals surface area contributed by atoms with E-state index >= 15 is 0 Å². The Morgan fingerprint density at radius 1 is 1.21 bits per heavy atom. The predicted octanol–water partition coefficient (Wildman–Crippen LogP) is 3.52. The van der Waals surface area contributed by atoms with E-state index < -0.39 is 10.0 Å². The summed E-state index contributed by atoms with van der Waals surface area (Å²) >= 11 is 0. The summed E-state index contributed by atoms with van der Waals surface area (Å²) in [6.45, 7) is 4.49. The molecule has 0 fully saturated rings. The highest BCUT2D eigenvalue weighted by Gasteiger charge is 2.29. The van der Waals surface area contributed by atoms with Crippen LogP contribution in [0.4, 0.5) is 4.39 Å². The van der Waals surface area contributed by atoms with E-state index in [2.05, 4.69) is 5.10 Å². The van der Waals surface area contributed by atoms with Crippen LogP contribution in [-0.2, 0) is 23.1 Å². The van der Waals surface area contributed by atoms with Crippen LogP contribution < -0.4 is 4.74 Å². The zero-order valence-electron chi connectivity index (χ0n) is 16.6.